The lowest BCUT2D eigenvalue weighted by Gasteiger charge is -2.43. The third-order valence-corrected chi connectivity index (χ3v) is 10.9. The number of amides is 2. The van der Waals surface area contributed by atoms with Gasteiger partial charge >= 0.3 is 0 Å². The van der Waals surface area contributed by atoms with E-state index >= 15 is 4.39 Å². The van der Waals surface area contributed by atoms with E-state index in [4.69, 9.17) is 28.6 Å². The van der Waals surface area contributed by atoms with Crippen molar-refractivity contribution in [2.75, 3.05) is 11.9 Å². The number of anilines is 1. The molecule has 44 heavy (non-hydrogen) atoms. The fourth-order valence-corrected chi connectivity index (χ4v) is 8.29. The molecule has 0 radical (unpaired) electrons. The maximum atomic E-state index is 16.1. The van der Waals surface area contributed by atoms with Gasteiger partial charge in [-0.15, -0.1) is 0 Å². The number of likely N-dealkylation sites (tertiary alicyclic amines) is 1. The summed E-state index contributed by atoms with van der Waals surface area (Å²) in [7, 11) is 0. The zero-order chi connectivity index (χ0) is 30.3. The molecule has 4 N–H and O–H groups in total. The summed E-state index contributed by atoms with van der Waals surface area (Å²) in [6, 6.07) is 10.2. The number of benzene rings is 2. The van der Waals surface area contributed by atoms with Crippen LogP contribution in [-0.2, 0) is 15.1 Å². The average molecular weight is 633 g/mol. The van der Waals surface area contributed by atoms with Crippen LogP contribution in [0.2, 0.25) is 10.0 Å². The number of carbonyl (C=O) groups excluding carboxylic acids is 2. The molecule has 10 heteroatoms. The van der Waals surface area contributed by atoms with Gasteiger partial charge in [-0.05, 0) is 67.5 Å². The molecule has 2 saturated heterocycles. The topological polar surface area (TPSA) is 97.3 Å². The van der Waals surface area contributed by atoms with Gasteiger partial charge in [0.2, 0.25) is 5.91 Å². The van der Waals surface area contributed by atoms with Crippen LogP contribution in [0.25, 0.3) is 0 Å². The fraction of sp³-hybridized carbons (Fsp3) is 0.382. The summed E-state index contributed by atoms with van der Waals surface area (Å²) < 4.78 is 16.1. The maximum absolute atomic E-state index is 16.1. The van der Waals surface area contributed by atoms with Gasteiger partial charge in [-0.3, -0.25) is 14.5 Å². The molecule has 7 nitrogen and oxygen atoms in total. The van der Waals surface area contributed by atoms with E-state index in [2.05, 4.69) is 20.9 Å². The Kier molecular flexibility index (Phi) is 6.56. The number of nitrogens with one attached hydrogen (secondary N) is 4. The van der Waals surface area contributed by atoms with Crippen molar-refractivity contribution >= 4 is 46.4 Å². The predicted octanol–water partition coefficient (Wildman–Crippen LogP) is 5.96. The normalized spacial score (nSPS) is 31.0. The molecule has 2 aromatic rings. The Morgan fingerprint density at radius 3 is 2.68 bits per heavy atom. The van der Waals surface area contributed by atoms with E-state index in [1.807, 2.05) is 12.1 Å². The number of fused-ring (bicyclic) bond motifs is 3. The van der Waals surface area contributed by atoms with E-state index in [1.54, 1.807) is 36.4 Å². The Morgan fingerprint density at radius 1 is 1.14 bits per heavy atom. The van der Waals surface area contributed by atoms with Crippen molar-refractivity contribution in [3.63, 3.8) is 0 Å². The summed E-state index contributed by atoms with van der Waals surface area (Å²) in [5, 5.41) is 19.2. The molecular weight excluding hydrogens is 600 g/mol. The highest BCUT2D eigenvalue weighted by atomic mass is 35.5. The number of hydrogen-bond acceptors (Lipinski definition) is 5. The lowest BCUT2D eigenvalue weighted by Crippen LogP contribution is -2.54. The molecule has 3 aliphatic heterocycles. The van der Waals surface area contributed by atoms with Gasteiger partial charge in [0.15, 0.2) is 0 Å². The van der Waals surface area contributed by atoms with E-state index in [-0.39, 0.29) is 40.7 Å². The number of nitrogens with zero attached hydrogens (tertiary/aromatic N) is 1. The molecule has 2 amide bonds. The molecule has 3 aliphatic carbocycles. The summed E-state index contributed by atoms with van der Waals surface area (Å²) in [6.45, 7) is 0.693. The second kappa shape index (κ2) is 10.3. The Hall–Kier alpha value is -3.46. The minimum atomic E-state index is -1.18. The summed E-state index contributed by atoms with van der Waals surface area (Å²) in [4.78, 5) is 29.4. The third-order valence-electron chi connectivity index (χ3n) is 10.3. The Balaban J connectivity index is 1.25. The predicted molar refractivity (Wildman–Crippen MR) is 168 cm³/mol. The molecule has 0 bridgehead atoms. The van der Waals surface area contributed by atoms with Gasteiger partial charge in [0.05, 0.1) is 16.8 Å². The first-order valence-electron chi connectivity index (χ1n) is 15.4. The van der Waals surface area contributed by atoms with Crippen molar-refractivity contribution in [2.45, 2.75) is 68.1 Å². The van der Waals surface area contributed by atoms with E-state index in [0.717, 1.165) is 43.4 Å². The zero-order valence-electron chi connectivity index (χ0n) is 23.9. The van der Waals surface area contributed by atoms with Gasteiger partial charge in [-0.2, -0.15) is 0 Å². The maximum Gasteiger partial charge on any atom is 0.251 e. The Bertz CT molecular complexity index is 1730. The minimum Gasteiger partial charge on any atom is -0.383 e. The van der Waals surface area contributed by atoms with Crippen LogP contribution in [0.15, 0.2) is 71.5 Å². The zero-order valence-corrected chi connectivity index (χ0v) is 25.4. The van der Waals surface area contributed by atoms with Gasteiger partial charge in [-0.1, -0.05) is 53.9 Å². The highest BCUT2D eigenvalue weighted by Gasteiger charge is 2.69. The van der Waals surface area contributed by atoms with Crippen LogP contribution in [0.5, 0.6) is 0 Å². The molecular formula is C34H32Cl2FN5O2. The van der Waals surface area contributed by atoms with Crippen LogP contribution in [-0.4, -0.2) is 47.1 Å². The Morgan fingerprint density at radius 2 is 1.95 bits per heavy atom. The van der Waals surface area contributed by atoms with Crippen LogP contribution in [0.4, 0.5) is 10.1 Å². The van der Waals surface area contributed by atoms with E-state index in [1.165, 1.54) is 6.07 Å². The third kappa shape index (κ3) is 4.21. The number of halogens is 3. The number of allylic oxidation sites excluding steroid dienone is 3. The fourth-order valence-electron chi connectivity index (χ4n) is 7.93. The average Bonchev–Trinajstić information content (AvgIpc) is 3.52. The lowest BCUT2D eigenvalue weighted by molar-refractivity contribution is -0.128. The summed E-state index contributed by atoms with van der Waals surface area (Å²) in [5.74, 6) is -1.07. The molecule has 226 valence electrons. The second-order valence-electron chi connectivity index (χ2n) is 12.9. The molecule has 0 aromatic heterocycles. The minimum absolute atomic E-state index is 0.0112. The molecule has 0 unspecified atom stereocenters. The van der Waals surface area contributed by atoms with Crippen molar-refractivity contribution in [2.24, 2.45) is 5.92 Å². The molecule has 8 rings (SSSR count). The molecule has 6 aliphatic rings. The standard InChI is InChI=1S/C34H32Cl2FN5O2/c35-19-8-12-23-27(14-19)41-33(44)34(23)29(22-5-2-6-24(36)30(22)37)31-28(42(34)16-17-3-1-4-17)15-26(40-31)21-11-7-18(13-25(21)38)32(43)39-20-9-10-20/h2,5-8,11-14,17,20,28-29,31,38,40H,1,3-4,9-10,15-16H2,(H,39,43)(H,41,44)/b26-21-,38-25?/t28-,29-,31+,34+/m0/s1. The lowest BCUT2D eigenvalue weighted by atomic mass is 9.73. The van der Waals surface area contributed by atoms with Gasteiger partial charge in [0.1, 0.15) is 11.4 Å². The highest BCUT2D eigenvalue weighted by molar-refractivity contribution is 6.31. The van der Waals surface area contributed by atoms with E-state index in [9.17, 15) is 9.59 Å². The quantitative estimate of drug-likeness (QED) is 0.327. The molecule has 1 spiro atoms. The first kappa shape index (κ1) is 28.0. The van der Waals surface area contributed by atoms with Crippen LogP contribution in [0, 0.1) is 17.1 Å². The molecule has 2 aromatic carbocycles. The van der Waals surface area contributed by atoms with Crippen molar-refractivity contribution in [1.29, 1.82) is 5.41 Å². The number of carbonyl (C=O) groups is 2. The van der Waals surface area contributed by atoms with Gasteiger partial charge in [0.25, 0.3) is 5.91 Å². The number of rotatable bonds is 5. The van der Waals surface area contributed by atoms with Gasteiger partial charge < -0.3 is 21.4 Å². The van der Waals surface area contributed by atoms with E-state index in [0.29, 0.717) is 46.3 Å². The largest absolute Gasteiger partial charge is 0.383 e. The van der Waals surface area contributed by atoms with Crippen molar-refractivity contribution < 1.29 is 14.0 Å². The smallest absolute Gasteiger partial charge is 0.251 e. The van der Waals surface area contributed by atoms with Crippen LogP contribution in [0.1, 0.15) is 55.6 Å². The SMILES string of the molecule is N=C1C=C(C(=O)NC2CC2)C=C/C1=C1\C[C@H]2[C@@H](N1)[C@H](c1cccc(Cl)c1F)[C@]1(C(=O)Nc3cc(Cl)ccc31)N2CC1CCC1. The molecule has 3 heterocycles. The summed E-state index contributed by atoms with van der Waals surface area (Å²) in [5.41, 5.74) is 2.92. The molecule has 2 saturated carbocycles. The molecule has 4 atom stereocenters. The van der Waals surface area contributed by atoms with Crippen molar-refractivity contribution in [1.82, 2.24) is 15.5 Å². The van der Waals surface area contributed by atoms with Crippen LogP contribution < -0.4 is 16.0 Å². The summed E-state index contributed by atoms with van der Waals surface area (Å²) >= 11 is 12.7. The van der Waals surface area contributed by atoms with Gasteiger partial charge in [-0.25, -0.2) is 4.39 Å². The van der Waals surface area contributed by atoms with Crippen molar-refractivity contribution in [3.8, 4) is 0 Å². The summed E-state index contributed by atoms with van der Waals surface area (Å²) in [6.07, 6.45) is 11.1. The first-order chi connectivity index (χ1) is 21.3. The first-order valence-corrected chi connectivity index (χ1v) is 16.1. The van der Waals surface area contributed by atoms with E-state index < -0.39 is 17.3 Å². The van der Waals surface area contributed by atoms with Gasteiger partial charge in [0, 0.05) is 64.1 Å². The molecule has 4 fully saturated rings. The van der Waals surface area contributed by atoms with Crippen molar-refractivity contribution in [3.05, 3.63) is 98.5 Å². The second-order valence-corrected chi connectivity index (χ2v) is 13.8. The van der Waals surface area contributed by atoms with Crippen LogP contribution >= 0.6 is 23.2 Å². The monoisotopic (exact) mass is 631 g/mol. The number of hydrogen-bond donors (Lipinski definition) is 4. The van der Waals surface area contributed by atoms with Crippen LogP contribution in [0.3, 0.4) is 0 Å². The Labute approximate surface area is 265 Å². The highest BCUT2D eigenvalue weighted by Crippen LogP contribution is 2.60.